The number of aromatic nitrogens is 1. The Morgan fingerprint density at radius 1 is 1.33 bits per heavy atom. The Morgan fingerprint density at radius 2 is 2.22 bits per heavy atom. The molecule has 1 aromatic carbocycles. The van der Waals surface area contributed by atoms with Gasteiger partial charge in [0.1, 0.15) is 0 Å². The first-order chi connectivity index (χ1) is 12.8. The summed E-state index contributed by atoms with van der Waals surface area (Å²) in [5.74, 6) is 1.08. The Bertz CT molecular complexity index is 766. The van der Waals surface area contributed by atoms with Crippen molar-refractivity contribution in [1.29, 1.82) is 0 Å². The van der Waals surface area contributed by atoms with E-state index in [0.29, 0.717) is 5.41 Å². The highest BCUT2D eigenvalue weighted by atomic mass is 127. The molecule has 2 fully saturated rings. The second-order valence-electron chi connectivity index (χ2n) is 7.67. The Labute approximate surface area is 179 Å². The summed E-state index contributed by atoms with van der Waals surface area (Å²) in [6.07, 6.45) is 6.70. The Kier molecular flexibility index (Phi) is 7.03. The monoisotopic (exact) mass is 482 g/mol. The number of H-pyrrole nitrogens is 1. The van der Waals surface area contributed by atoms with Crippen LogP contribution in [-0.2, 0) is 11.2 Å². The number of likely N-dealkylation sites (tertiary alicyclic amines) is 1. The molecule has 4 rings (SSSR count). The number of ether oxygens (including phenoxy) is 1. The van der Waals surface area contributed by atoms with Gasteiger partial charge in [-0.05, 0) is 44.2 Å². The zero-order valence-electron chi connectivity index (χ0n) is 16.2. The van der Waals surface area contributed by atoms with E-state index in [0.717, 1.165) is 58.2 Å². The van der Waals surface area contributed by atoms with Crippen LogP contribution in [0.4, 0.5) is 0 Å². The molecule has 2 aliphatic heterocycles. The van der Waals surface area contributed by atoms with Crippen molar-refractivity contribution in [3.8, 4) is 0 Å². The maximum absolute atomic E-state index is 5.66. The number of nitrogens with zero attached hydrogens (tertiary/aromatic N) is 2. The standard InChI is InChI=1S/C21H30N4O.HI/c1-2-22-20(25-12-9-21(15-25)10-13-26-16-21)23-11-5-6-17-14-24-19-8-4-3-7-18(17)19;/h3-4,7-8,14,24H,2,5-6,9-13,15-16H2,1H3,(H,22,23);1H. The van der Waals surface area contributed by atoms with Crippen LogP contribution >= 0.6 is 24.0 Å². The van der Waals surface area contributed by atoms with Crippen LogP contribution in [0.2, 0.25) is 0 Å². The number of halogens is 1. The van der Waals surface area contributed by atoms with Crippen molar-refractivity contribution in [3.63, 3.8) is 0 Å². The molecular weight excluding hydrogens is 451 g/mol. The van der Waals surface area contributed by atoms with Crippen molar-refractivity contribution in [2.24, 2.45) is 10.4 Å². The van der Waals surface area contributed by atoms with Crippen LogP contribution < -0.4 is 5.32 Å². The van der Waals surface area contributed by atoms with Crippen molar-refractivity contribution in [1.82, 2.24) is 15.2 Å². The predicted molar refractivity (Wildman–Crippen MR) is 122 cm³/mol. The highest BCUT2D eigenvalue weighted by Crippen LogP contribution is 2.38. The average molecular weight is 482 g/mol. The molecule has 3 heterocycles. The lowest BCUT2D eigenvalue weighted by Gasteiger charge is -2.25. The van der Waals surface area contributed by atoms with Crippen LogP contribution in [0.25, 0.3) is 10.9 Å². The number of aromatic amines is 1. The normalized spacial score (nSPS) is 22.6. The van der Waals surface area contributed by atoms with E-state index >= 15 is 0 Å². The third-order valence-corrected chi connectivity index (χ3v) is 5.80. The molecule has 1 spiro atoms. The van der Waals surface area contributed by atoms with Crippen LogP contribution in [0.3, 0.4) is 0 Å². The van der Waals surface area contributed by atoms with Crippen molar-refractivity contribution < 1.29 is 4.74 Å². The minimum absolute atomic E-state index is 0. The number of aliphatic imine (C=N–C) groups is 1. The smallest absolute Gasteiger partial charge is 0.193 e. The largest absolute Gasteiger partial charge is 0.381 e. The molecule has 2 aliphatic rings. The third kappa shape index (κ3) is 4.59. The summed E-state index contributed by atoms with van der Waals surface area (Å²) in [7, 11) is 0. The first-order valence-electron chi connectivity index (χ1n) is 9.96. The van der Waals surface area contributed by atoms with Gasteiger partial charge < -0.3 is 19.9 Å². The van der Waals surface area contributed by atoms with E-state index in [-0.39, 0.29) is 24.0 Å². The van der Waals surface area contributed by atoms with Gasteiger partial charge in [-0.1, -0.05) is 18.2 Å². The zero-order chi connectivity index (χ0) is 17.8. The lowest BCUT2D eigenvalue weighted by molar-refractivity contribution is 0.156. The lowest BCUT2D eigenvalue weighted by Crippen LogP contribution is -2.41. The maximum Gasteiger partial charge on any atom is 0.193 e. The van der Waals surface area contributed by atoms with Gasteiger partial charge in [0.05, 0.1) is 6.61 Å². The number of nitrogens with one attached hydrogen (secondary N) is 2. The lowest BCUT2D eigenvalue weighted by atomic mass is 9.87. The fourth-order valence-corrected chi connectivity index (χ4v) is 4.31. The van der Waals surface area contributed by atoms with Crippen molar-refractivity contribution in [2.75, 3.05) is 39.4 Å². The summed E-state index contributed by atoms with van der Waals surface area (Å²) in [6.45, 7) is 7.95. The van der Waals surface area contributed by atoms with Gasteiger partial charge in [0.25, 0.3) is 0 Å². The third-order valence-electron chi connectivity index (χ3n) is 5.80. The summed E-state index contributed by atoms with van der Waals surface area (Å²) in [5, 5.41) is 4.82. The average Bonchev–Trinajstić information content (AvgIpc) is 3.39. The van der Waals surface area contributed by atoms with Gasteiger partial charge in [0, 0.05) is 55.3 Å². The maximum atomic E-state index is 5.66. The molecule has 5 nitrogen and oxygen atoms in total. The van der Waals surface area contributed by atoms with Crippen molar-refractivity contribution in [3.05, 3.63) is 36.0 Å². The number of fused-ring (bicyclic) bond motifs is 1. The van der Waals surface area contributed by atoms with Crippen LogP contribution in [0.1, 0.15) is 31.7 Å². The number of hydrogen-bond donors (Lipinski definition) is 2. The van der Waals surface area contributed by atoms with E-state index in [1.54, 1.807) is 0 Å². The minimum atomic E-state index is 0. The second-order valence-corrected chi connectivity index (χ2v) is 7.67. The molecule has 2 N–H and O–H groups in total. The fourth-order valence-electron chi connectivity index (χ4n) is 4.31. The van der Waals surface area contributed by atoms with E-state index in [1.165, 1.54) is 29.3 Å². The number of aryl methyl sites for hydroxylation is 1. The first-order valence-corrected chi connectivity index (χ1v) is 9.96. The van der Waals surface area contributed by atoms with Gasteiger partial charge in [-0.2, -0.15) is 0 Å². The topological polar surface area (TPSA) is 52.7 Å². The molecule has 0 radical (unpaired) electrons. The van der Waals surface area contributed by atoms with Crippen LogP contribution in [0, 0.1) is 5.41 Å². The molecule has 1 atom stereocenters. The molecule has 0 aliphatic carbocycles. The summed E-state index contributed by atoms with van der Waals surface area (Å²) in [4.78, 5) is 10.7. The van der Waals surface area contributed by atoms with Crippen LogP contribution in [-0.4, -0.2) is 55.2 Å². The van der Waals surface area contributed by atoms with E-state index < -0.39 is 0 Å². The van der Waals surface area contributed by atoms with Gasteiger partial charge in [0.15, 0.2) is 5.96 Å². The summed E-state index contributed by atoms with van der Waals surface area (Å²) < 4.78 is 5.66. The molecule has 2 saturated heterocycles. The summed E-state index contributed by atoms with van der Waals surface area (Å²) in [5.41, 5.74) is 2.99. The number of para-hydroxylation sites is 1. The van der Waals surface area contributed by atoms with Gasteiger partial charge >= 0.3 is 0 Å². The summed E-state index contributed by atoms with van der Waals surface area (Å²) in [6, 6.07) is 8.52. The SMILES string of the molecule is CCNC(=NCCCc1c[nH]c2ccccc12)N1CCC2(CCOC2)C1.I. The first kappa shape index (κ1) is 20.5. The second kappa shape index (κ2) is 9.28. The molecule has 0 saturated carbocycles. The number of hydrogen-bond acceptors (Lipinski definition) is 2. The van der Waals surface area contributed by atoms with Gasteiger partial charge in [-0.25, -0.2) is 0 Å². The van der Waals surface area contributed by atoms with Gasteiger partial charge in [-0.3, -0.25) is 4.99 Å². The van der Waals surface area contributed by atoms with E-state index in [4.69, 9.17) is 9.73 Å². The van der Waals surface area contributed by atoms with E-state index in [1.807, 2.05) is 0 Å². The molecule has 6 heteroatoms. The molecule has 148 valence electrons. The highest BCUT2D eigenvalue weighted by Gasteiger charge is 2.42. The molecule has 27 heavy (non-hydrogen) atoms. The predicted octanol–water partition coefficient (Wildman–Crippen LogP) is 3.80. The van der Waals surface area contributed by atoms with Crippen molar-refractivity contribution in [2.45, 2.75) is 32.6 Å². The van der Waals surface area contributed by atoms with Crippen molar-refractivity contribution >= 4 is 40.8 Å². The Balaban J connectivity index is 0.00000210. The molecule has 2 aromatic rings. The zero-order valence-corrected chi connectivity index (χ0v) is 18.5. The number of benzene rings is 1. The quantitative estimate of drug-likeness (QED) is 0.295. The van der Waals surface area contributed by atoms with Crippen LogP contribution in [0.5, 0.6) is 0 Å². The van der Waals surface area contributed by atoms with Crippen LogP contribution in [0.15, 0.2) is 35.5 Å². The van der Waals surface area contributed by atoms with Gasteiger partial charge in [-0.15, -0.1) is 24.0 Å². The van der Waals surface area contributed by atoms with E-state index in [9.17, 15) is 0 Å². The Hall–Kier alpha value is -1.28. The molecular formula is C21H31IN4O. The number of guanidine groups is 1. The number of rotatable bonds is 5. The molecule has 0 amide bonds. The molecule has 1 aromatic heterocycles. The molecule has 0 bridgehead atoms. The highest BCUT2D eigenvalue weighted by molar-refractivity contribution is 14.0. The van der Waals surface area contributed by atoms with E-state index in [2.05, 4.69) is 52.6 Å². The summed E-state index contributed by atoms with van der Waals surface area (Å²) >= 11 is 0. The molecule has 1 unspecified atom stereocenters. The minimum Gasteiger partial charge on any atom is -0.381 e. The Morgan fingerprint density at radius 3 is 3.04 bits per heavy atom. The van der Waals surface area contributed by atoms with Gasteiger partial charge in [0.2, 0.25) is 0 Å². The fraction of sp³-hybridized carbons (Fsp3) is 0.571.